The van der Waals surface area contributed by atoms with Crippen LogP contribution >= 0.6 is 12.4 Å². The van der Waals surface area contributed by atoms with E-state index in [-0.39, 0.29) is 24.1 Å². The van der Waals surface area contributed by atoms with Crippen molar-refractivity contribution in [2.75, 3.05) is 6.54 Å². The summed E-state index contributed by atoms with van der Waals surface area (Å²) in [7, 11) is 0. The van der Waals surface area contributed by atoms with E-state index in [1.54, 1.807) is 16.8 Å². The van der Waals surface area contributed by atoms with Crippen LogP contribution in [0.3, 0.4) is 0 Å². The highest BCUT2D eigenvalue weighted by molar-refractivity contribution is 5.85. The zero-order valence-electron chi connectivity index (χ0n) is 13.9. The summed E-state index contributed by atoms with van der Waals surface area (Å²) in [4.78, 5) is 11.8. The molecule has 0 bridgehead atoms. The van der Waals surface area contributed by atoms with Crippen molar-refractivity contribution in [3.8, 4) is 5.69 Å². The quantitative estimate of drug-likeness (QED) is 0.802. The van der Waals surface area contributed by atoms with Gasteiger partial charge in [0.25, 0.3) is 0 Å². The molecule has 1 amide bonds. The Morgan fingerprint density at radius 2 is 1.96 bits per heavy atom. The molecule has 132 valence electrons. The maximum atomic E-state index is 12.9. The van der Waals surface area contributed by atoms with Crippen molar-refractivity contribution in [1.82, 2.24) is 15.1 Å². The Bertz CT molecular complexity index is 642. The number of rotatable bonds is 7. The average Bonchev–Trinajstić information content (AvgIpc) is 2.96. The van der Waals surface area contributed by atoms with E-state index in [0.717, 1.165) is 11.4 Å². The smallest absolute Gasteiger partial charge is 0.236 e. The fraction of sp³-hybridized carbons (Fsp3) is 0.412. The van der Waals surface area contributed by atoms with Crippen molar-refractivity contribution in [3.63, 3.8) is 0 Å². The fourth-order valence-electron chi connectivity index (χ4n) is 2.29. The maximum Gasteiger partial charge on any atom is 0.236 e. The SMILES string of the molecule is CC(C)C[C@H](N)C(=O)NCCc1ccn(-c2ccc(F)cc2)n1.Cl. The molecule has 0 radical (unpaired) electrons. The Labute approximate surface area is 147 Å². The van der Waals surface area contributed by atoms with Crippen molar-refractivity contribution < 1.29 is 9.18 Å². The summed E-state index contributed by atoms with van der Waals surface area (Å²) >= 11 is 0. The summed E-state index contributed by atoms with van der Waals surface area (Å²) < 4.78 is 14.6. The van der Waals surface area contributed by atoms with Gasteiger partial charge in [-0.2, -0.15) is 5.10 Å². The number of benzene rings is 1. The van der Waals surface area contributed by atoms with Gasteiger partial charge in [-0.3, -0.25) is 4.79 Å². The minimum Gasteiger partial charge on any atom is -0.354 e. The lowest BCUT2D eigenvalue weighted by Gasteiger charge is -2.13. The first-order chi connectivity index (χ1) is 11.0. The Kier molecular flexibility index (Phi) is 7.88. The molecule has 2 aromatic rings. The van der Waals surface area contributed by atoms with Gasteiger partial charge in [0.2, 0.25) is 5.91 Å². The van der Waals surface area contributed by atoms with Gasteiger partial charge in [-0.25, -0.2) is 9.07 Å². The highest BCUT2D eigenvalue weighted by Gasteiger charge is 2.14. The first-order valence-corrected chi connectivity index (χ1v) is 7.79. The Hall–Kier alpha value is -1.92. The number of hydrogen-bond donors (Lipinski definition) is 2. The second-order valence-corrected chi connectivity index (χ2v) is 6.01. The first kappa shape index (κ1) is 20.1. The van der Waals surface area contributed by atoms with Gasteiger partial charge in [0, 0.05) is 19.2 Å². The normalized spacial score (nSPS) is 11.9. The minimum absolute atomic E-state index is 0. The zero-order chi connectivity index (χ0) is 16.8. The molecule has 0 aliphatic carbocycles. The first-order valence-electron chi connectivity index (χ1n) is 7.79. The van der Waals surface area contributed by atoms with E-state index in [2.05, 4.69) is 10.4 Å². The second-order valence-electron chi connectivity index (χ2n) is 6.01. The minimum atomic E-state index is -0.466. The van der Waals surface area contributed by atoms with E-state index in [0.29, 0.717) is 25.3 Å². The Balaban J connectivity index is 0.00000288. The lowest BCUT2D eigenvalue weighted by molar-refractivity contribution is -0.122. The second kappa shape index (κ2) is 9.39. The van der Waals surface area contributed by atoms with Crippen molar-refractivity contribution >= 4 is 18.3 Å². The summed E-state index contributed by atoms with van der Waals surface area (Å²) in [5, 5.41) is 7.24. The van der Waals surface area contributed by atoms with Gasteiger partial charge in [0.05, 0.1) is 17.4 Å². The molecule has 0 fully saturated rings. The predicted molar refractivity (Wildman–Crippen MR) is 94.9 cm³/mol. The van der Waals surface area contributed by atoms with Crippen LogP contribution in [0.25, 0.3) is 5.69 Å². The summed E-state index contributed by atoms with van der Waals surface area (Å²) in [5.74, 6) is -0.0135. The van der Waals surface area contributed by atoms with Crippen LogP contribution in [0.5, 0.6) is 0 Å². The van der Waals surface area contributed by atoms with Gasteiger partial charge >= 0.3 is 0 Å². The average molecular weight is 355 g/mol. The van der Waals surface area contributed by atoms with E-state index in [9.17, 15) is 9.18 Å². The third-order valence-electron chi connectivity index (χ3n) is 3.48. The standard InChI is InChI=1S/C17H23FN4O.ClH/c1-12(2)11-16(19)17(23)20-9-7-14-8-10-22(21-14)15-5-3-13(18)4-6-15;/h3-6,8,10,12,16H,7,9,11,19H2,1-2H3,(H,20,23);1H/t16-;/m0./s1. The molecule has 7 heteroatoms. The molecule has 3 N–H and O–H groups in total. The molecule has 1 heterocycles. The molecule has 0 aliphatic rings. The van der Waals surface area contributed by atoms with Crippen LogP contribution in [0.4, 0.5) is 4.39 Å². The molecule has 1 atom stereocenters. The lowest BCUT2D eigenvalue weighted by Crippen LogP contribution is -2.42. The number of nitrogens with one attached hydrogen (secondary N) is 1. The third-order valence-corrected chi connectivity index (χ3v) is 3.48. The fourth-order valence-corrected chi connectivity index (χ4v) is 2.29. The molecule has 0 spiro atoms. The molecule has 0 aliphatic heterocycles. The number of nitrogens with zero attached hydrogens (tertiary/aromatic N) is 2. The third kappa shape index (κ3) is 5.94. The van der Waals surface area contributed by atoms with Gasteiger partial charge in [-0.1, -0.05) is 13.8 Å². The van der Waals surface area contributed by atoms with Crippen LogP contribution in [-0.2, 0) is 11.2 Å². The van der Waals surface area contributed by atoms with E-state index >= 15 is 0 Å². The van der Waals surface area contributed by atoms with Crippen LogP contribution in [0.2, 0.25) is 0 Å². The van der Waals surface area contributed by atoms with Gasteiger partial charge in [-0.05, 0) is 42.7 Å². The van der Waals surface area contributed by atoms with Gasteiger partial charge in [0.15, 0.2) is 0 Å². The molecular weight excluding hydrogens is 331 g/mol. The number of hydrogen-bond acceptors (Lipinski definition) is 3. The monoisotopic (exact) mass is 354 g/mol. The van der Waals surface area contributed by atoms with E-state index < -0.39 is 6.04 Å². The van der Waals surface area contributed by atoms with Crippen molar-refractivity contribution in [2.24, 2.45) is 11.7 Å². The van der Waals surface area contributed by atoms with Crippen molar-refractivity contribution in [1.29, 1.82) is 0 Å². The topological polar surface area (TPSA) is 72.9 Å². The van der Waals surface area contributed by atoms with Crippen molar-refractivity contribution in [2.45, 2.75) is 32.7 Å². The molecule has 1 aromatic heterocycles. The number of halogens is 2. The summed E-state index contributed by atoms with van der Waals surface area (Å²) in [6.45, 7) is 4.57. The van der Waals surface area contributed by atoms with Crippen LogP contribution in [0, 0.1) is 11.7 Å². The number of aromatic nitrogens is 2. The van der Waals surface area contributed by atoms with Crippen LogP contribution in [0.1, 0.15) is 26.0 Å². The summed E-state index contributed by atoms with van der Waals surface area (Å²) in [5.41, 5.74) is 7.47. The van der Waals surface area contributed by atoms with Crippen LogP contribution < -0.4 is 11.1 Å². The van der Waals surface area contributed by atoms with Gasteiger partial charge in [0.1, 0.15) is 5.82 Å². The summed E-state index contributed by atoms with van der Waals surface area (Å²) in [6, 6.07) is 7.54. The molecule has 2 rings (SSSR count). The Morgan fingerprint density at radius 3 is 2.58 bits per heavy atom. The number of carbonyl (C=O) groups is 1. The summed E-state index contributed by atoms with van der Waals surface area (Å²) in [6.07, 6.45) is 3.11. The molecule has 1 aromatic carbocycles. The van der Waals surface area contributed by atoms with E-state index in [1.807, 2.05) is 26.1 Å². The van der Waals surface area contributed by atoms with Crippen LogP contribution in [0.15, 0.2) is 36.5 Å². The molecule has 5 nitrogen and oxygen atoms in total. The van der Waals surface area contributed by atoms with E-state index in [4.69, 9.17) is 5.73 Å². The maximum absolute atomic E-state index is 12.9. The highest BCUT2D eigenvalue weighted by Crippen LogP contribution is 2.09. The number of carbonyl (C=O) groups excluding carboxylic acids is 1. The number of nitrogens with two attached hydrogens (primary N) is 1. The lowest BCUT2D eigenvalue weighted by atomic mass is 10.0. The predicted octanol–water partition coefficient (Wildman–Crippen LogP) is 2.47. The molecule has 24 heavy (non-hydrogen) atoms. The largest absolute Gasteiger partial charge is 0.354 e. The van der Waals surface area contributed by atoms with E-state index in [1.165, 1.54) is 12.1 Å². The molecule has 0 saturated carbocycles. The van der Waals surface area contributed by atoms with Crippen LogP contribution in [-0.4, -0.2) is 28.3 Å². The zero-order valence-corrected chi connectivity index (χ0v) is 14.7. The molecule has 0 unspecified atom stereocenters. The van der Waals surface area contributed by atoms with Gasteiger partial charge < -0.3 is 11.1 Å². The van der Waals surface area contributed by atoms with Gasteiger partial charge in [-0.15, -0.1) is 12.4 Å². The molecular formula is C17H24ClFN4O. The highest BCUT2D eigenvalue weighted by atomic mass is 35.5. The Morgan fingerprint density at radius 1 is 1.29 bits per heavy atom. The molecule has 0 saturated heterocycles. The number of amides is 1. The van der Waals surface area contributed by atoms with Crippen molar-refractivity contribution in [3.05, 3.63) is 48.0 Å².